The number of nitrogens with one attached hydrogen (secondary N) is 1. The average Bonchev–Trinajstić information content (AvgIpc) is 3.59. The number of carboxylic acids is 1. The van der Waals surface area contributed by atoms with E-state index in [0.29, 0.717) is 23.2 Å². The third-order valence-corrected chi connectivity index (χ3v) is 8.12. The van der Waals surface area contributed by atoms with Crippen LogP contribution in [-0.2, 0) is 12.0 Å². The lowest BCUT2D eigenvalue weighted by atomic mass is 9.79. The number of pyridine rings is 2. The van der Waals surface area contributed by atoms with E-state index in [1.165, 1.54) is 29.7 Å². The lowest BCUT2D eigenvalue weighted by molar-refractivity contribution is 0.0607. The molecule has 1 fully saturated rings. The van der Waals surface area contributed by atoms with E-state index < -0.39 is 11.6 Å². The molecule has 0 saturated heterocycles. The molecule has 0 radical (unpaired) electrons. The summed E-state index contributed by atoms with van der Waals surface area (Å²) in [6, 6.07) is 13.1. The Hall–Kier alpha value is -3.62. The van der Waals surface area contributed by atoms with E-state index in [9.17, 15) is 15.0 Å². The maximum atomic E-state index is 11.7. The van der Waals surface area contributed by atoms with Gasteiger partial charge in [-0.25, -0.2) is 19.7 Å². The number of benzene rings is 1. The van der Waals surface area contributed by atoms with Gasteiger partial charge in [-0.3, -0.25) is 0 Å². The number of hydrogen-bond acceptors (Lipinski definition) is 7. The molecule has 0 aliphatic heterocycles. The number of anilines is 2. The number of aliphatic hydroxyl groups is 1. The van der Waals surface area contributed by atoms with E-state index in [1.54, 1.807) is 24.4 Å². The number of aromatic nitrogens is 3. The lowest BCUT2D eigenvalue weighted by Crippen LogP contribution is -2.32. The largest absolute Gasteiger partial charge is 0.478 e. The number of rotatable bonds is 6. The Morgan fingerprint density at radius 2 is 1.97 bits per heavy atom. The van der Waals surface area contributed by atoms with Crippen molar-refractivity contribution in [1.82, 2.24) is 15.0 Å². The fourth-order valence-corrected chi connectivity index (χ4v) is 6.00. The first-order valence-corrected chi connectivity index (χ1v) is 13.0. The fraction of sp³-hybridized carbons (Fsp3) is 0.286. The molecule has 7 nitrogen and oxygen atoms in total. The van der Waals surface area contributed by atoms with Crippen LogP contribution >= 0.6 is 11.3 Å². The summed E-state index contributed by atoms with van der Waals surface area (Å²) in [4.78, 5) is 26.2. The highest BCUT2D eigenvalue weighted by molar-refractivity contribution is 7.15. The summed E-state index contributed by atoms with van der Waals surface area (Å²) in [5, 5.41) is 25.0. The summed E-state index contributed by atoms with van der Waals surface area (Å²) in [5.74, 6) is 1.18. The SMILES string of the molecule is Cc1cc(Nc2cc(C3CC3)ccn2)nc(-c2cnc([C@@]3(O)CCCc4cc(C(=O)O)ccc43)s2)c1. The number of hydrogen-bond donors (Lipinski definition) is 3. The predicted molar refractivity (Wildman–Crippen MR) is 139 cm³/mol. The van der Waals surface area contributed by atoms with Crippen LogP contribution in [0, 0.1) is 6.92 Å². The van der Waals surface area contributed by atoms with Crippen LogP contribution in [0.5, 0.6) is 0 Å². The molecule has 0 spiro atoms. The molecule has 8 heteroatoms. The number of carboxylic acid groups (broad SMARTS) is 1. The molecular formula is C28H26N4O3S. The summed E-state index contributed by atoms with van der Waals surface area (Å²) >= 11 is 1.42. The van der Waals surface area contributed by atoms with Gasteiger partial charge in [0.05, 0.1) is 16.1 Å². The third-order valence-electron chi connectivity index (χ3n) is 6.95. The summed E-state index contributed by atoms with van der Waals surface area (Å²) in [5.41, 5.74) is 3.73. The minimum Gasteiger partial charge on any atom is -0.478 e. The van der Waals surface area contributed by atoms with E-state index in [1.807, 2.05) is 25.3 Å². The van der Waals surface area contributed by atoms with Crippen LogP contribution in [0.25, 0.3) is 10.6 Å². The van der Waals surface area contributed by atoms with Crippen molar-refractivity contribution < 1.29 is 15.0 Å². The van der Waals surface area contributed by atoms with Gasteiger partial charge in [-0.1, -0.05) is 6.07 Å². The molecule has 182 valence electrons. The molecule has 36 heavy (non-hydrogen) atoms. The van der Waals surface area contributed by atoms with Crippen LogP contribution in [0.1, 0.15) is 69.2 Å². The number of aromatic carboxylic acids is 1. The molecule has 2 aliphatic carbocycles. The smallest absolute Gasteiger partial charge is 0.335 e. The Balaban J connectivity index is 1.30. The maximum Gasteiger partial charge on any atom is 0.335 e. The standard InChI is InChI=1S/C28H26N4O3S/c1-16-11-22(31-25(12-16)32-24-14-18(8-10-29-24)17-4-5-17)23-15-30-27(36-23)28(35)9-2-3-19-13-20(26(33)34)6-7-21(19)28/h6-8,10-15,17,35H,2-5,9H2,1H3,(H,33,34)(H,29,31,32)/t28-/m1/s1. The van der Waals surface area contributed by atoms with Crippen molar-refractivity contribution in [3.8, 4) is 10.6 Å². The Kier molecular flexibility index (Phi) is 5.58. The molecule has 1 aromatic carbocycles. The van der Waals surface area contributed by atoms with Gasteiger partial charge < -0.3 is 15.5 Å². The summed E-state index contributed by atoms with van der Waals surface area (Å²) in [6.45, 7) is 2.03. The van der Waals surface area contributed by atoms with Gasteiger partial charge >= 0.3 is 5.97 Å². The van der Waals surface area contributed by atoms with Crippen molar-refractivity contribution in [3.05, 3.63) is 87.7 Å². The van der Waals surface area contributed by atoms with Gasteiger partial charge in [-0.15, -0.1) is 11.3 Å². The van der Waals surface area contributed by atoms with E-state index >= 15 is 0 Å². The van der Waals surface area contributed by atoms with Gasteiger partial charge in [0.2, 0.25) is 0 Å². The molecular weight excluding hydrogens is 472 g/mol. The second-order valence-corrected chi connectivity index (χ2v) is 10.7. The summed E-state index contributed by atoms with van der Waals surface area (Å²) in [7, 11) is 0. The van der Waals surface area contributed by atoms with Crippen molar-refractivity contribution in [2.24, 2.45) is 0 Å². The number of nitrogens with zero attached hydrogens (tertiary/aromatic N) is 3. The minimum atomic E-state index is -1.24. The van der Waals surface area contributed by atoms with E-state index in [0.717, 1.165) is 45.9 Å². The first-order chi connectivity index (χ1) is 17.4. The maximum absolute atomic E-state index is 11.7. The average molecular weight is 499 g/mol. The Morgan fingerprint density at radius 1 is 1.11 bits per heavy atom. The molecule has 0 amide bonds. The first-order valence-electron chi connectivity index (χ1n) is 12.2. The molecule has 3 N–H and O–H groups in total. The summed E-state index contributed by atoms with van der Waals surface area (Å²) in [6.07, 6.45) is 8.10. The molecule has 3 aromatic heterocycles. The van der Waals surface area contributed by atoms with Crippen LogP contribution < -0.4 is 5.32 Å². The van der Waals surface area contributed by atoms with Crippen LogP contribution in [0.4, 0.5) is 11.6 Å². The zero-order valence-electron chi connectivity index (χ0n) is 19.9. The van der Waals surface area contributed by atoms with Crippen LogP contribution in [-0.4, -0.2) is 31.1 Å². The van der Waals surface area contributed by atoms with Gasteiger partial charge in [0, 0.05) is 12.4 Å². The second-order valence-electron chi connectivity index (χ2n) is 9.71. The topological polar surface area (TPSA) is 108 Å². The monoisotopic (exact) mass is 498 g/mol. The van der Waals surface area contributed by atoms with Gasteiger partial charge in [-0.2, -0.15) is 0 Å². The molecule has 6 rings (SSSR count). The fourth-order valence-electron chi connectivity index (χ4n) is 4.99. The zero-order chi connectivity index (χ0) is 24.9. The molecule has 2 aliphatic rings. The Morgan fingerprint density at radius 3 is 2.78 bits per heavy atom. The second kappa shape index (κ2) is 8.80. The highest BCUT2D eigenvalue weighted by atomic mass is 32.1. The first kappa shape index (κ1) is 22.8. The number of fused-ring (bicyclic) bond motifs is 1. The predicted octanol–water partition coefficient (Wildman–Crippen LogP) is 5.80. The summed E-state index contributed by atoms with van der Waals surface area (Å²) < 4.78 is 0. The number of aryl methyl sites for hydroxylation is 2. The molecule has 0 bridgehead atoms. The molecule has 4 aromatic rings. The van der Waals surface area contributed by atoms with Crippen LogP contribution in [0.3, 0.4) is 0 Å². The number of thiazole rings is 1. The van der Waals surface area contributed by atoms with Crippen LogP contribution in [0.2, 0.25) is 0 Å². The number of carbonyl (C=O) groups is 1. The van der Waals surface area contributed by atoms with E-state index in [-0.39, 0.29) is 5.56 Å². The Labute approximate surface area is 212 Å². The van der Waals surface area contributed by atoms with Gasteiger partial charge in [0.25, 0.3) is 0 Å². The molecule has 1 saturated carbocycles. The molecule has 1 atom stereocenters. The van der Waals surface area contributed by atoms with Crippen molar-refractivity contribution in [2.75, 3.05) is 5.32 Å². The van der Waals surface area contributed by atoms with Gasteiger partial charge in [0.15, 0.2) is 0 Å². The van der Waals surface area contributed by atoms with Crippen molar-refractivity contribution in [2.45, 2.75) is 50.5 Å². The van der Waals surface area contributed by atoms with E-state index in [4.69, 9.17) is 4.98 Å². The van der Waals surface area contributed by atoms with Crippen molar-refractivity contribution >= 4 is 28.9 Å². The van der Waals surface area contributed by atoms with Gasteiger partial charge in [0.1, 0.15) is 22.2 Å². The Bertz CT molecular complexity index is 1480. The highest BCUT2D eigenvalue weighted by Crippen LogP contribution is 2.44. The van der Waals surface area contributed by atoms with E-state index in [2.05, 4.69) is 27.4 Å². The normalized spacial score (nSPS) is 19.1. The molecule has 0 unspecified atom stereocenters. The highest BCUT2D eigenvalue weighted by Gasteiger charge is 2.39. The molecule has 3 heterocycles. The van der Waals surface area contributed by atoms with Crippen molar-refractivity contribution in [3.63, 3.8) is 0 Å². The quantitative estimate of drug-likeness (QED) is 0.308. The third kappa shape index (κ3) is 4.27. The van der Waals surface area contributed by atoms with Crippen LogP contribution in [0.15, 0.2) is 54.9 Å². The lowest BCUT2D eigenvalue weighted by Gasteiger charge is -2.33. The van der Waals surface area contributed by atoms with Crippen molar-refractivity contribution in [1.29, 1.82) is 0 Å². The zero-order valence-corrected chi connectivity index (χ0v) is 20.7. The minimum absolute atomic E-state index is 0.235. The van der Waals surface area contributed by atoms with Gasteiger partial charge in [-0.05, 0) is 104 Å².